The van der Waals surface area contributed by atoms with Gasteiger partial charge < -0.3 is 9.80 Å². The molecule has 4 heterocycles. The highest BCUT2D eigenvalue weighted by Crippen LogP contribution is 2.48. The number of amides is 4. The van der Waals surface area contributed by atoms with Gasteiger partial charge in [0.1, 0.15) is 6.04 Å². The van der Waals surface area contributed by atoms with E-state index < -0.39 is 23.8 Å². The quantitative estimate of drug-likeness (QED) is 0.683. The Labute approximate surface area is 198 Å². The van der Waals surface area contributed by atoms with Gasteiger partial charge in [-0.2, -0.15) is 0 Å². The molecule has 8 heteroatoms. The molecule has 6 aliphatic rings. The minimum Gasteiger partial charge on any atom is -0.371 e. The lowest BCUT2D eigenvalue weighted by Gasteiger charge is -2.41. The van der Waals surface area contributed by atoms with Crippen LogP contribution in [-0.4, -0.2) is 72.2 Å². The van der Waals surface area contributed by atoms with Crippen LogP contribution in [0.5, 0.6) is 0 Å². The number of anilines is 1. The number of carbonyl (C=O) groups is 4. The van der Waals surface area contributed by atoms with E-state index in [1.807, 2.05) is 12.1 Å². The SMILES string of the molecule is O=C1CCC(N2C(=O)c3ccc(N4CC5CCC(C4)C5CN4CC5CC5C4)cc3C2=O)C(=O)N1. The molecule has 1 aromatic carbocycles. The Morgan fingerprint density at radius 3 is 2.24 bits per heavy atom. The summed E-state index contributed by atoms with van der Waals surface area (Å²) in [5.74, 6) is 2.29. The summed E-state index contributed by atoms with van der Waals surface area (Å²) in [6.07, 6.45) is 4.31. The number of benzene rings is 1. The third-order valence-electron chi connectivity index (χ3n) is 9.34. The fourth-order valence-electron chi connectivity index (χ4n) is 7.44. The molecule has 0 spiro atoms. The second-order valence-electron chi connectivity index (χ2n) is 11.3. The molecule has 4 aliphatic heterocycles. The zero-order chi connectivity index (χ0) is 23.1. The second kappa shape index (κ2) is 7.38. The van der Waals surface area contributed by atoms with Gasteiger partial charge in [-0.25, -0.2) is 0 Å². The lowest BCUT2D eigenvalue weighted by Crippen LogP contribution is -2.54. The minimum atomic E-state index is -0.920. The lowest BCUT2D eigenvalue weighted by atomic mass is 9.84. The molecule has 5 atom stereocenters. The highest BCUT2D eigenvalue weighted by molar-refractivity contribution is 6.23. The molecule has 7 rings (SSSR count). The van der Waals surface area contributed by atoms with Gasteiger partial charge >= 0.3 is 0 Å². The number of nitrogens with one attached hydrogen (secondary N) is 1. The number of carbonyl (C=O) groups excluding carboxylic acids is 4. The molecule has 8 nitrogen and oxygen atoms in total. The maximum absolute atomic E-state index is 13.2. The number of piperidine rings is 3. The Morgan fingerprint density at radius 2 is 1.53 bits per heavy atom. The van der Waals surface area contributed by atoms with Gasteiger partial charge in [-0.15, -0.1) is 0 Å². The topological polar surface area (TPSA) is 90.0 Å². The van der Waals surface area contributed by atoms with Gasteiger partial charge in [-0.1, -0.05) is 0 Å². The standard InChI is InChI=1S/C26H30N4O4/c31-23-6-5-22(24(32)27-23)30-25(33)19-4-3-18(8-20(19)26(30)34)29-11-14-1-2-15(12-29)21(14)13-28-9-16-7-17(16)10-28/h3-4,8,14-17,21-22H,1-2,5-7,9-13H2,(H,27,31,32). The molecule has 2 saturated carbocycles. The molecule has 3 saturated heterocycles. The van der Waals surface area contributed by atoms with Crippen molar-refractivity contribution in [1.82, 2.24) is 15.1 Å². The van der Waals surface area contributed by atoms with Crippen molar-refractivity contribution in [2.24, 2.45) is 29.6 Å². The normalized spacial score (nSPS) is 36.7. The van der Waals surface area contributed by atoms with Gasteiger partial charge in [0.15, 0.2) is 0 Å². The first-order valence-electron chi connectivity index (χ1n) is 12.8. The monoisotopic (exact) mass is 462 g/mol. The van der Waals surface area contributed by atoms with Crippen molar-refractivity contribution in [1.29, 1.82) is 0 Å². The van der Waals surface area contributed by atoms with E-state index in [1.165, 1.54) is 38.9 Å². The van der Waals surface area contributed by atoms with Gasteiger partial charge in [0, 0.05) is 44.8 Å². The number of hydrogen-bond donors (Lipinski definition) is 1. The number of likely N-dealkylation sites (tertiary alicyclic amines) is 1. The van der Waals surface area contributed by atoms with Crippen LogP contribution in [0, 0.1) is 29.6 Å². The molecule has 1 N–H and O–H groups in total. The number of nitrogens with zero attached hydrogens (tertiary/aromatic N) is 3. The van der Waals surface area contributed by atoms with Crippen LogP contribution in [0.3, 0.4) is 0 Å². The molecular weight excluding hydrogens is 432 g/mol. The van der Waals surface area contributed by atoms with Crippen LogP contribution >= 0.6 is 0 Å². The molecule has 2 aliphatic carbocycles. The van der Waals surface area contributed by atoms with Crippen molar-refractivity contribution in [3.05, 3.63) is 29.3 Å². The van der Waals surface area contributed by atoms with E-state index in [4.69, 9.17) is 0 Å². The third-order valence-corrected chi connectivity index (χ3v) is 9.34. The summed E-state index contributed by atoms with van der Waals surface area (Å²) in [6, 6.07) is 4.61. The van der Waals surface area contributed by atoms with E-state index >= 15 is 0 Å². The fraction of sp³-hybridized carbons (Fsp3) is 0.615. The van der Waals surface area contributed by atoms with E-state index in [0.29, 0.717) is 23.0 Å². The zero-order valence-electron chi connectivity index (χ0n) is 19.2. The van der Waals surface area contributed by atoms with Crippen LogP contribution in [0.25, 0.3) is 0 Å². The van der Waals surface area contributed by atoms with Crippen LogP contribution in [-0.2, 0) is 9.59 Å². The number of hydrogen-bond acceptors (Lipinski definition) is 6. The Morgan fingerprint density at radius 1 is 0.824 bits per heavy atom. The molecule has 1 aromatic rings. The number of rotatable bonds is 4. The van der Waals surface area contributed by atoms with E-state index in [9.17, 15) is 19.2 Å². The van der Waals surface area contributed by atoms with Crippen LogP contribution in [0.1, 0.15) is 52.8 Å². The first kappa shape index (κ1) is 20.6. The smallest absolute Gasteiger partial charge is 0.262 e. The van der Waals surface area contributed by atoms with Gasteiger partial charge in [0.2, 0.25) is 11.8 Å². The first-order chi connectivity index (χ1) is 16.5. The molecule has 5 fully saturated rings. The summed E-state index contributed by atoms with van der Waals surface area (Å²) in [5.41, 5.74) is 1.71. The zero-order valence-corrected chi connectivity index (χ0v) is 19.2. The molecule has 34 heavy (non-hydrogen) atoms. The van der Waals surface area contributed by atoms with Gasteiger partial charge in [-0.05, 0) is 73.5 Å². The molecule has 5 unspecified atom stereocenters. The minimum absolute atomic E-state index is 0.130. The summed E-state index contributed by atoms with van der Waals surface area (Å²) < 4.78 is 0. The van der Waals surface area contributed by atoms with Crippen molar-refractivity contribution in [2.45, 2.75) is 38.1 Å². The van der Waals surface area contributed by atoms with Crippen molar-refractivity contribution < 1.29 is 19.2 Å². The Kier molecular flexibility index (Phi) is 4.47. The van der Waals surface area contributed by atoms with Gasteiger partial charge in [-0.3, -0.25) is 29.4 Å². The van der Waals surface area contributed by atoms with Crippen molar-refractivity contribution in [2.75, 3.05) is 37.6 Å². The number of fused-ring (bicyclic) bond motifs is 4. The van der Waals surface area contributed by atoms with Crippen LogP contribution in [0.15, 0.2) is 18.2 Å². The van der Waals surface area contributed by atoms with Crippen molar-refractivity contribution >= 4 is 29.3 Å². The van der Waals surface area contributed by atoms with Gasteiger partial charge in [0.05, 0.1) is 11.1 Å². The maximum Gasteiger partial charge on any atom is 0.262 e. The average molecular weight is 463 g/mol. The predicted octanol–water partition coefficient (Wildman–Crippen LogP) is 1.50. The Hall–Kier alpha value is -2.74. The fourth-order valence-corrected chi connectivity index (χ4v) is 7.44. The molecule has 0 aromatic heterocycles. The summed E-state index contributed by atoms with van der Waals surface area (Å²) in [6.45, 7) is 5.84. The lowest BCUT2D eigenvalue weighted by molar-refractivity contribution is -0.136. The number of imide groups is 2. The van der Waals surface area contributed by atoms with E-state index in [-0.39, 0.29) is 18.7 Å². The van der Waals surface area contributed by atoms with Crippen LogP contribution < -0.4 is 10.2 Å². The highest BCUT2D eigenvalue weighted by Gasteiger charge is 2.49. The van der Waals surface area contributed by atoms with Gasteiger partial charge in [0.25, 0.3) is 11.8 Å². The third kappa shape index (κ3) is 3.14. The first-order valence-corrected chi connectivity index (χ1v) is 12.8. The van der Waals surface area contributed by atoms with Crippen molar-refractivity contribution in [3.8, 4) is 0 Å². The van der Waals surface area contributed by atoms with E-state index in [0.717, 1.165) is 41.4 Å². The average Bonchev–Trinajstić information content (AvgIpc) is 3.27. The van der Waals surface area contributed by atoms with E-state index in [1.54, 1.807) is 6.07 Å². The molecule has 2 bridgehead atoms. The summed E-state index contributed by atoms with van der Waals surface area (Å²) in [4.78, 5) is 56.2. The van der Waals surface area contributed by atoms with Crippen molar-refractivity contribution in [3.63, 3.8) is 0 Å². The van der Waals surface area contributed by atoms with Crippen LogP contribution in [0.4, 0.5) is 5.69 Å². The van der Waals surface area contributed by atoms with Crippen LogP contribution in [0.2, 0.25) is 0 Å². The van der Waals surface area contributed by atoms with E-state index in [2.05, 4.69) is 15.1 Å². The maximum atomic E-state index is 13.2. The highest BCUT2D eigenvalue weighted by atomic mass is 16.2. The second-order valence-corrected chi connectivity index (χ2v) is 11.3. The summed E-state index contributed by atoms with van der Waals surface area (Å²) in [5, 5.41) is 2.25. The summed E-state index contributed by atoms with van der Waals surface area (Å²) in [7, 11) is 0. The molecular formula is C26H30N4O4. The Balaban J connectivity index is 1.08. The molecule has 178 valence electrons. The predicted molar refractivity (Wildman–Crippen MR) is 123 cm³/mol. The Bertz CT molecular complexity index is 1090. The molecule has 0 radical (unpaired) electrons. The molecule has 4 amide bonds. The largest absolute Gasteiger partial charge is 0.371 e. The summed E-state index contributed by atoms with van der Waals surface area (Å²) >= 11 is 0.